The number of aliphatic hydroxyl groups is 1. The van der Waals surface area contributed by atoms with Crippen LogP contribution in [0.5, 0.6) is 0 Å². The number of aliphatic hydroxyl groups excluding tert-OH is 1. The summed E-state index contributed by atoms with van der Waals surface area (Å²) >= 11 is 6.02. The number of amides is 1. The Kier molecular flexibility index (Phi) is 5.16. The zero-order chi connectivity index (χ0) is 13.9. The second kappa shape index (κ2) is 6.20. The smallest absolute Gasteiger partial charge is 0.244 e. The molecule has 0 fully saturated rings. The van der Waals surface area contributed by atoms with Crippen LogP contribution in [-0.4, -0.2) is 45.4 Å². The van der Waals surface area contributed by atoms with Gasteiger partial charge in [-0.05, 0) is 27.2 Å². The van der Waals surface area contributed by atoms with Crippen LogP contribution in [0.1, 0.15) is 24.7 Å². The predicted molar refractivity (Wildman–Crippen MR) is 70.6 cm³/mol. The van der Waals surface area contributed by atoms with Gasteiger partial charge >= 0.3 is 0 Å². The van der Waals surface area contributed by atoms with Crippen molar-refractivity contribution in [2.45, 2.75) is 39.8 Å². The lowest BCUT2D eigenvalue weighted by atomic mass is 10.3. The van der Waals surface area contributed by atoms with Gasteiger partial charge in [-0.25, -0.2) is 0 Å². The lowest BCUT2D eigenvalue weighted by Crippen LogP contribution is -2.32. The van der Waals surface area contributed by atoms with Gasteiger partial charge in [0, 0.05) is 13.6 Å². The van der Waals surface area contributed by atoms with Gasteiger partial charge in [-0.1, -0.05) is 11.6 Å². The van der Waals surface area contributed by atoms with Crippen LogP contribution >= 0.6 is 11.6 Å². The molecule has 0 aliphatic carbocycles. The first kappa shape index (κ1) is 15.0. The summed E-state index contributed by atoms with van der Waals surface area (Å²) in [7, 11) is 1.72. The molecule has 0 spiro atoms. The molecule has 1 rings (SSSR count). The van der Waals surface area contributed by atoms with E-state index in [9.17, 15) is 9.90 Å². The highest BCUT2D eigenvalue weighted by molar-refractivity contribution is 6.31. The van der Waals surface area contributed by atoms with E-state index in [-0.39, 0.29) is 12.5 Å². The number of aryl methyl sites for hydroxylation is 1. The van der Waals surface area contributed by atoms with Crippen molar-refractivity contribution in [3.63, 3.8) is 0 Å². The second-order valence-electron chi connectivity index (χ2n) is 4.60. The molecule has 0 radical (unpaired) electrons. The number of hydrogen-bond donors (Lipinski definition) is 1. The summed E-state index contributed by atoms with van der Waals surface area (Å²) in [6.45, 7) is 6.07. The third kappa shape index (κ3) is 3.71. The van der Waals surface area contributed by atoms with Crippen LogP contribution in [0.25, 0.3) is 0 Å². The van der Waals surface area contributed by atoms with Crippen LogP contribution < -0.4 is 0 Å². The van der Waals surface area contributed by atoms with Crippen molar-refractivity contribution >= 4 is 17.5 Å². The summed E-state index contributed by atoms with van der Waals surface area (Å²) in [6.07, 6.45) is 0.170. The van der Waals surface area contributed by atoms with Crippen molar-refractivity contribution in [3.05, 3.63) is 16.4 Å². The van der Waals surface area contributed by atoms with E-state index in [1.165, 1.54) is 0 Å². The van der Waals surface area contributed by atoms with E-state index in [0.29, 0.717) is 18.0 Å². The van der Waals surface area contributed by atoms with Gasteiger partial charge in [-0.2, -0.15) is 5.10 Å². The Labute approximate surface area is 112 Å². The Hall–Kier alpha value is -1.07. The molecule has 0 saturated carbocycles. The number of carbonyl (C=O) groups is 1. The summed E-state index contributed by atoms with van der Waals surface area (Å²) in [5.41, 5.74) is 1.53. The number of aromatic nitrogens is 2. The van der Waals surface area contributed by atoms with E-state index < -0.39 is 6.10 Å². The predicted octanol–water partition coefficient (Wildman–Crippen LogP) is 1.38. The third-order valence-corrected chi connectivity index (χ3v) is 3.43. The Bertz CT molecular complexity index is 429. The first-order valence-electron chi connectivity index (χ1n) is 5.94. The molecule has 0 aliphatic heterocycles. The van der Waals surface area contributed by atoms with Crippen molar-refractivity contribution in [2.24, 2.45) is 0 Å². The molecule has 1 aromatic rings. The molecule has 5 nitrogen and oxygen atoms in total. The Morgan fingerprint density at radius 2 is 2.17 bits per heavy atom. The molecule has 1 heterocycles. The number of hydrogen-bond acceptors (Lipinski definition) is 3. The topological polar surface area (TPSA) is 58.4 Å². The van der Waals surface area contributed by atoms with Gasteiger partial charge in [-0.3, -0.25) is 9.48 Å². The number of rotatable bonds is 5. The molecule has 102 valence electrons. The minimum absolute atomic E-state index is 0.0436. The maximum Gasteiger partial charge on any atom is 0.244 e. The highest BCUT2D eigenvalue weighted by atomic mass is 35.5. The quantitative estimate of drug-likeness (QED) is 0.882. The molecule has 18 heavy (non-hydrogen) atoms. The van der Waals surface area contributed by atoms with Crippen molar-refractivity contribution < 1.29 is 9.90 Å². The van der Waals surface area contributed by atoms with Crippen molar-refractivity contribution in [1.29, 1.82) is 0 Å². The molecule has 0 aromatic carbocycles. The highest BCUT2D eigenvalue weighted by Crippen LogP contribution is 2.18. The minimum atomic E-state index is -0.400. The Morgan fingerprint density at radius 3 is 2.61 bits per heavy atom. The van der Waals surface area contributed by atoms with Crippen LogP contribution in [0, 0.1) is 13.8 Å². The molecule has 1 unspecified atom stereocenters. The number of likely N-dealkylation sites (N-methyl/N-ethyl adjacent to an activating group) is 1. The molecule has 0 saturated heterocycles. The second-order valence-corrected chi connectivity index (χ2v) is 4.97. The fourth-order valence-corrected chi connectivity index (χ4v) is 1.72. The standard InChI is InChI=1S/C12H20ClN3O2/c1-8(17)5-6-15(4)11(18)7-16-10(3)12(13)9(2)14-16/h8,17H,5-7H2,1-4H3. The van der Waals surface area contributed by atoms with E-state index in [4.69, 9.17) is 11.6 Å². The van der Waals surface area contributed by atoms with E-state index in [0.717, 1.165) is 11.4 Å². The maximum atomic E-state index is 11.9. The zero-order valence-electron chi connectivity index (χ0n) is 11.3. The van der Waals surface area contributed by atoms with E-state index in [1.54, 1.807) is 23.6 Å². The molecule has 1 atom stereocenters. The van der Waals surface area contributed by atoms with E-state index in [2.05, 4.69) is 5.10 Å². The first-order chi connectivity index (χ1) is 8.32. The molecule has 1 aromatic heterocycles. The largest absolute Gasteiger partial charge is 0.393 e. The van der Waals surface area contributed by atoms with Gasteiger partial charge in [0.2, 0.25) is 5.91 Å². The highest BCUT2D eigenvalue weighted by Gasteiger charge is 2.15. The molecule has 0 aliphatic rings. The van der Waals surface area contributed by atoms with Gasteiger partial charge in [0.1, 0.15) is 6.54 Å². The fraction of sp³-hybridized carbons (Fsp3) is 0.667. The Balaban J connectivity index is 2.61. The lowest BCUT2D eigenvalue weighted by molar-refractivity contribution is -0.131. The average Bonchev–Trinajstić information content (AvgIpc) is 2.53. The normalized spacial score (nSPS) is 12.6. The van der Waals surface area contributed by atoms with Gasteiger partial charge in [0.15, 0.2) is 0 Å². The molecule has 1 N–H and O–H groups in total. The van der Waals surface area contributed by atoms with Crippen LogP contribution in [0.2, 0.25) is 5.02 Å². The summed E-state index contributed by atoms with van der Waals surface area (Å²) in [4.78, 5) is 13.5. The number of carbonyl (C=O) groups excluding carboxylic acids is 1. The van der Waals surface area contributed by atoms with Crippen molar-refractivity contribution in [2.75, 3.05) is 13.6 Å². The SMILES string of the molecule is Cc1nn(CC(=O)N(C)CCC(C)O)c(C)c1Cl. The lowest BCUT2D eigenvalue weighted by Gasteiger charge is -2.18. The molecular formula is C12H20ClN3O2. The summed E-state index contributed by atoms with van der Waals surface area (Å²) in [5.74, 6) is -0.0436. The first-order valence-corrected chi connectivity index (χ1v) is 6.32. The Morgan fingerprint density at radius 1 is 1.56 bits per heavy atom. The molecule has 6 heteroatoms. The summed E-state index contributed by atoms with van der Waals surface area (Å²) < 4.78 is 1.61. The summed E-state index contributed by atoms with van der Waals surface area (Å²) in [5, 5.41) is 14.0. The van der Waals surface area contributed by atoms with Crippen LogP contribution in [0.3, 0.4) is 0 Å². The van der Waals surface area contributed by atoms with Gasteiger partial charge in [-0.15, -0.1) is 0 Å². The van der Waals surface area contributed by atoms with Gasteiger partial charge in [0.05, 0.1) is 22.5 Å². The van der Waals surface area contributed by atoms with Crippen molar-refractivity contribution in [1.82, 2.24) is 14.7 Å². The fourth-order valence-electron chi connectivity index (χ4n) is 1.58. The van der Waals surface area contributed by atoms with Crippen LogP contribution in [0.4, 0.5) is 0 Å². The average molecular weight is 274 g/mol. The maximum absolute atomic E-state index is 11.9. The monoisotopic (exact) mass is 273 g/mol. The van der Waals surface area contributed by atoms with Crippen LogP contribution in [0.15, 0.2) is 0 Å². The summed E-state index contributed by atoms with van der Waals surface area (Å²) in [6, 6.07) is 0. The number of halogens is 1. The van der Waals surface area contributed by atoms with Gasteiger partial charge < -0.3 is 10.0 Å². The minimum Gasteiger partial charge on any atom is -0.393 e. The zero-order valence-corrected chi connectivity index (χ0v) is 12.0. The molecule has 1 amide bonds. The molecule has 0 bridgehead atoms. The number of nitrogens with zero attached hydrogens (tertiary/aromatic N) is 3. The van der Waals surface area contributed by atoms with E-state index in [1.807, 2.05) is 13.8 Å². The van der Waals surface area contributed by atoms with E-state index >= 15 is 0 Å². The molecular weight excluding hydrogens is 254 g/mol. The third-order valence-electron chi connectivity index (χ3n) is 2.89. The van der Waals surface area contributed by atoms with Gasteiger partial charge in [0.25, 0.3) is 0 Å². The van der Waals surface area contributed by atoms with Crippen molar-refractivity contribution in [3.8, 4) is 0 Å². The van der Waals surface area contributed by atoms with Crippen LogP contribution in [-0.2, 0) is 11.3 Å².